The van der Waals surface area contributed by atoms with Gasteiger partial charge >= 0.3 is 6.18 Å². The van der Waals surface area contributed by atoms with E-state index in [9.17, 15) is 21.6 Å². The largest absolute Gasteiger partial charge is 0.418 e. The van der Waals surface area contributed by atoms with Crippen LogP contribution >= 0.6 is 0 Å². The number of aryl methyl sites for hydroxylation is 1. The van der Waals surface area contributed by atoms with E-state index in [4.69, 9.17) is 4.74 Å². The fourth-order valence-corrected chi connectivity index (χ4v) is 4.46. The van der Waals surface area contributed by atoms with E-state index in [-0.39, 0.29) is 22.1 Å². The molecule has 1 aliphatic heterocycles. The number of ether oxygens (including phenoxy) is 1. The second-order valence-electron chi connectivity index (χ2n) is 7.36. The Labute approximate surface area is 189 Å². The molecule has 174 valence electrons. The number of benzene rings is 1. The Morgan fingerprint density at radius 2 is 1.73 bits per heavy atom. The molecule has 0 unspecified atom stereocenters. The molecule has 3 heterocycles. The SMILES string of the molecule is O=S1(=O)Nc2ccc(C(F)(F)F)c(n2)-c2ccccc2CCCOCCNc2cccc1n2. The maximum atomic E-state index is 13.8. The number of aromatic nitrogens is 2. The van der Waals surface area contributed by atoms with Crippen molar-refractivity contribution in [2.24, 2.45) is 0 Å². The summed E-state index contributed by atoms with van der Waals surface area (Å²) in [7, 11) is -4.19. The number of pyridine rings is 2. The van der Waals surface area contributed by atoms with E-state index in [0.29, 0.717) is 44.0 Å². The maximum Gasteiger partial charge on any atom is 0.418 e. The van der Waals surface area contributed by atoms with E-state index >= 15 is 0 Å². The first-order chi connectivity index (χ1) is 15.7. The quantitative estimate of drug-likeness (QED) is 0.500. The molecule has 0 atom stereocenters. The molecule has 2 aromatic heterocycles. The van der Waals surface area contributed by atoms with Crippen molar-refractivity contribution in [3.63, 3.8) is 0 Å². The number of alkyl halides is 3. The summed E-state index contributed by atoms with van der Waals surface area (Å²) < 4.78 is 74.9. The fraction of sp³-hybridized carbons (Fsp3) is 0.273. The molecule has 7 nitrogen and oxygen atoms in total. The number of hydrogen-bond donors (Lipinski definition) is 2. The average molecular weight is 478 g/mol. The Balaban J connectivity index is 1.84. The number of sulfonamides is 1. The predicted octanol–water partition coefficient (Wildman–Crippen LogP) is 4.34. The lowest BCUT2D eigenvalue weighted by molar-refractivity contribution is -0.137. The number of halogens is 3. The van der Waals surface area contributed by atoms with Crippen molar-refractivity contribution < 1.29 is 26.3 Å². The number of rotatable bonds is 0. The summed E-state index contributed by atoms with van der Waals surface area (Å²) in [5.41, 5.74) is -0.338. The average Bonchev–Trinajstić information content (AvgIpc) is 2.77. The van der Waals surface area contributed by atoms with Gasteiger partial charge in [-0.25, -0.2) is 9.97 Å². The summed E-state index contributed by atoms with van der Waals surface area (Å²) in [6.07, 6.45) is -3.60. The number of nitrogens with zero attached hydrogens (tertiary/aromatic N) is 2. The monoisotopic (exact) mass is 478 g/mol. The molecule has 0 saturated heterocycles. The van der Waals surface area contributed by atoms with Crippen LogP contribution in [0.1, 0.15) is 17.5 Å². The minimum atomic E-state index is -4.67. The van der Waals surface area contributed by atoms with E-state index < -0.39 is 21.8 Å². The maximum absolute atomic E-state index is 13.8. The molecule has 1 aromatic carbocycles. The van der Waals surface area contributed by atoms with Crippen LogP contribution in [-0.4, -0.2) is 38.1 Å². The van der Waals surface area contributed by atoms with E-state index in [1.807, 2.05) is 0 Å². The highest BCUT2D eigenvalue weighted by molar-refractivity contribution is 7.92. The van der Waals surface area contributed by atoms with Crippen molar-refractivity contribution in [2.45, 2.75) is 24.0 Å². The van der Waals surface area contributed by atoms with Crippen LogP contribution in [-0.2, 0) is 27.4 Å². The molecule has 0 amide bonds. The molecule has 11 heteroatoms. The minimum Gasteiger partial charge on any atom is -0.380 e. The predicted molar refractivity (Wildman–Crippen MR) is 117 cm³/mol. The topological polar surface area (TPSA) is 93.2 Å². The van der Waals surface area contributed by atoms with E-state index in [0.717, 1.165) is 12.1 Å². The standard InChI is InChI=1S/C22H21F3N4O3S/c23-22(24,25)17-10-11-19-28-21(17)16-7-2-1-5-15(16)6-4-13-32-14-12-26-18-8-3-9-20(27-18)33(30,31)29-19/h1-3,5,7-11H,4,6,12-14H2,(H,26,27)(H,28,29). The van der Waals surface area contributed by atoms with Gasteiger partial charge in [0.2, 0.25) is 0 Å². The second kappa shape index (κ2) is 9.36. The van der Waals surface area contributed by atoms with Crippen molar-refractivity contribution in [3.8, 4) is 11.3 Å². The number of hydrogen-bond acceptors (Lipinski definition) is 6. The number of fused-ring (bicyclic) bond motifs is 6. The minimum absolute atomic E-state index is 0.236. The highest BCUT2D eigenvalue weighted by Crippen LogP contribution is 2.38. The lowest BCUT2D eigenvalue weighted by atomic mass is 9.97. The molecule has 0 radical (unpaired) electrons. The Bertz CT molecular complexity index is 1250. The zero-order valence-corrected chi connectivity index (χ0v) is 18.2. The van der Waals surface area contributed by atoms with Crippen LogP contribution in [0.15, 0.2) is 59.6 Å². The first-order valence-corrected chi connectivity index (χ1v) is 11.7. The second-order valence-corrected chi connectivity index (χ2v) is 8.99. The van der Waals surface area contributed by atoms with Crippen LogP contribution in [0.2, 0.25) is 0 Å². The van der Waals surface area contributed by atoms with Gasteiger partial charge in [0.25, 0.3) is 10.0 Å². The fourth-order valence-electron chi connectivity index (χ4n) is 3.49. The molecule has 33 heavy (non-hydrogen) atoms. The van der Waals surface area contributed by atoms with Gasteiger partial charge in [0, 0.05) is 18.7 Å². The first kappa shape index (κ1) is 23.0. The Morgan fingerprint density at radius 1 is 0.909 bits per heavy atom. The van der Waals surface area contributed by atoms with Crippen LogP contribution in [0.5, 0.6) is 0 Å². The van der Waals surface area contributed by atoms with Crippen LogP contribution in [0.3, 0.4) is 0 Å². The first-order valence-electron chi connectivity index (χ1n) is 10.2. The van der Waals surface area contributed by atoms with E-state index in [1.54, 1.807) is 30.3 Å². The molecular weight excluding hydrogens is 457 g/mol. The molecule has 0 spiro atoms. The third-order valence-corrected chi connectivity index (χ3v) is 6.25. The summed E-state index contributed by atoms with van der Waals surface area (Å²) >= 11 is 0. The highest BCUT2D eigenvalue weighted by Gasteiger charge is 2.35. The van der Waals surface area contributed by atoms with Crippen LogP contribution < -0.4 is 10.0 Å². The highest BCUT2D eigenvalue weighted by atomic mass is 32.2. The van der Waals surface area contributed by atoms with Gasteiger partial charge < -0.3 is 10.1 Å². The lowest BCUT2D eigenvalue weighted by Gasteiger charge is -2.17. The van der Waals surface area contributed by atoms with Gasteiger partial charge in [-0.15, -0.1) is 0 Å². The van der Waals surface area contributed by atoms with Crippen molar-refractivity contribution in [1.82, 2.24) is 9.97 Å². The van der Waals surface area contributed by atoms with E-state index in [1.165, 1.54) is 12.1 Å². The Kier molecular flexibility index (Phi) is 6.52. The number of nitrogens with one attached hydrogen (secondary N) is 2. The van der Waals surface area contributed by atoms with Gasteiger partial charge in [0.15, 0.2) is 5.03 Å². The normalized spacial score (nSPS) is 16.6. The third-order valence-electron chi connectivity index (χ3n) is 5.00. The number of anilines is 2. The summed E-state index contributed by atoms with van der Waals surface area (Å²) in [6, 6.07) is 12.9. The third kappa shape index (κ3) is 5.42. The summed E-state index contributed by atoms with van der Waals surface area (Å²) in [6.45, 7) is 1.19. The van der Waals surface area contributed by atoms with Gasteiger partial charge in [0.05, 0.1) is 17.9 Å². The smallest absolute Gasteiger partial charge is 0.380 e. The van der Waals surface area contributed by atoms with Crippen LogP contribution in [0, 0.1) is 0 Å². The van der Waals surface area contributed by atoms with E-state index in [2.05, 4.69) is 20.0 Å². The van der Waals surface area contributed by atoms with Crippen LogP contribution in [0.25, 0.3) is 11.3 Å². The van der Waals surface area contributed by atoms with Crippen molar-refractivity contribution in [3.05, 3.63) is 65.7 Å². The van der Waals surface area contributed by atoms with Crippen molar-refractivity contribution in [1.29, 1.82) is 0 Å². The molecule has 0 saturated carbocycles. The molecule has 4 bridgehead atoms. The molecule has 1 aliphatic rings. The molecule has 0 aliphatic carbocycles. The molecule has 3 aromatic rings. The lowest BCUT2D eigenvalue weighted by Crippen LogP contribution is -2.18. The zero-order chi connectivity index (χ0) is 23.5. The van der Waals surface area contributed by atoms with Gasteiger partial charge in [-0.1, -0.05) is 30.3 Å². The molecule has 0 fully saturated rings. The van der Waals surface area contributed by atoms with Gasteiger partial charge in [-0.05, 0) is 42.7 Å². The Morgan fingerprint density at radius 3 is 2.55 bits per heavy atom. The zero-order valence-electron chi connectivity index (χ0n) is 17.4. The molecule has 2 N–H and O–H groups in total. The van der Waals surface area contributed by atoms with Crippen LogP contribution in [0.4, 0.5) is 24.8 Å². The summed E-state index contributed by atoms with van der Waals surface area (Å²) in [4.78, 5) is 8.16. The summed E-state index contributed by atoms with van der Waals surface area (Å²) in [5.74, 6) is 0.0971. The van der Waals surface area contributed by atoms with Gasteiger partial charge in [0.1, 0.15) is 11.6 Å². The molecule has 4 rings (SSSR count). The Hall–Kier alpha value is -3.18. The molecular formula is C22H21F3N4O3S. The van der Waals surface area contributed by atoms with Gasteiger partial charge in [-0.3, -0.25) is 4.72 Å². The summed E-state index contributed by atoms with van der Waals surface area (Å²) in [5, 5.41) is 2.70. The van der Waals surface area contributed by atoms with Crippen molar-refractivity contribution >= 4 is 21.7 Å². The van der Waals surface area contributed by atoms with Gasteiger partial charge in [-0.2, -0.15) is 21.6 Å². The van der Waals surface area contributed by atoms with Crippen molar-refractivity contribution in [2.75, 3.05) is 29.8 Å².